The number of hydrogen-bond acceptors (Lipinski definition) is 3. The van der Waals surface area contributed by atoms with E-state index in [1.807, 2.05) is 37.3 Å². The van der Waals surface area contributed by atoms with E-state index in [1.165, 1.54) is 12.8 Å². The summed E-state index contributed by atoms with van der Waals surface area (Å²) in [5.74, 6) is 0.962. The number of furan rings is 1. The number of para-hydroxylation sites is 1. The van der Waals surface area contributed by atoms with Crippen molar-refractivity contribution in [1.82, 2.24) is 5.32 Å². The second-order valence-corrected chi connectivity index (χ2v) is 5.60. The van der Waals surface area contributed by atoms with E-state index >= 15 is 0 Å². The van der Waals surface area contributed by atoms with Gasteiger partial charge in [-0.25, -0.2) is 0 Å². The van der Waals surface area contributed by atoms with Crippen LogP contribution in [0.3, 0.4) is 0 Å². The fourth-order valence-electron chi connectivity index (χ4n) is 2.52. The Kier molecular flexibility index (Phi) is 4.91. The number of carbonyl (C=O) groups excluding carboxylic acids is 1. The molecule has 21 heavy (non-hydrogen) atoms. The van der Waals surface area contributed by atoms with Gasteiger partial charge >= 0.3 is 0 Å². The predicted molar refractivity (Wildman–Crippen MR) is 85.6 cm³/mol. The first-order valence-corrected chi connectivity index (χ1v) is 7.18. The lowest BCUT2D eigenvalue weighted by atomic mass is 10.1. The summed E-state index contributed by atoms with van der Waals surface area (Å²) in [6, 6.07) is 9.83. The monoisotopic (exact) mass is 308 g/mol. The Morgan fingerprint density at radius 1 is 1.43 bits per heavy atom. The van der Waals surface area contributed by atoms with Crippen molar-refractivity contribution in [1.29, 1.82) is 0 Å². The Balaban J connectivity index is 0.00000161. The van der Waals surface area contributed by atoms with Crippen LogP contribution in [0.1, 0.15) is 31.4 Å². The number of nitrogens with two attached hydrogens (primary N) is 1. The summed E-state index contributed by atoms with van der Waals surface area (Å²) in [6.45, 7) is 2.37. The van der Waals surface area contributed by atoms with Crippen LogP contribution in [0.15, 0.2) is 34.7 Å². The number of halogens is 1. The number of benzene rings is 1. The summed E-state index contributed by atoms with van der Waals surface area (Å²) in [6.07, 6.45) is 2.34. The summed E-state index contributed by atoms with van der Waals surface area (Å²) < 4.78 is 5.75. The van der Waals surface area contributed by atoms with Gasteiger partial charge in [0.25, 0.3) is 0 Å². The molecular weight excluding hydrogens is 288 g/mol. The zero-order valence-corrected chi connectivity index (χ0v) is 12.9. The summed E-state index contributed by atoms with van der Waals surface area (Å²) in [5, 5.41) is 4.07. The van der Waals surface area contributed by atoms with Crippen LogP contribution in [0, 0.1) is 5.92 Å². The predicted octanol–water partition coefficient (Wildman–Crippen LogP) is 2.81. The van der Waals surface area contributed by atoms with Gasteiger partial charge in [0.1, 0.15) is 11.3 Å². The van der Waals surface area contributed by atoms with E-state index in [4.69, 9.17) is 10.2 Å². The van der Waals surface area contributed by atoms with Crippen LogP contribution >= 0.6 is 12.4 Å². The van der Waals surface area contributed by atoms with Crippen molar-refractivity contribution >= 4 is 29.3 Å². The third-order valence-corrected chi connectivity index (χ3v) is 4.04. The van der Waals surface area contributed by atoms with E-state index in [9.17, 15) is 4.79 Å². The molecule has 0 aliphatic heterocycles. The molecular formula is C16H21ClN2O2. The second-order valence-electron chi connectivity index (χ2n) is 5.60. The zero-order valence-electron chi connectivity index (χ0n) is 12.0. The second kappa shape index (κ2) is 6.50. The Bertz CT molecular complexity index is 589. The molecule has 5 heteroatoms. The number of nitrogens with one attached hydrogen (secondary N) is 1. The highest BCUT2D eigenvalue weighted by Gasteiger charge is 2.32. The lowest BCUT2D eigenvalue weighted by Crippen LogP contribution is -2.43. The molecule has 3 rings (SSSR count). The number of hydrogen-bond donors (Lipinski definition) is 2. The van der Waals surface area contributed by atoms with Crippen molar-refractivity contribution < 1.29 is 9.21 Å². The minimum atomic E-state index is -0.296. The molecule has 2 atom stereocenters. The van der Waals surface area contributed by atoms with Gasteiger partial charge in [0.15, 0.2) is 0 Å². The molecule has 1 fully saturated rings. The zero-order chi connectivity index (χ0) is 14.1. The summed E-state index contributed by atoms with van der Waals surface area (Å²) >= 11 is 0. The number of amides is 1. The standard InChI is InChI=1S/C16H20N2O2.ClH/c1-10(16(19)18-13(9-17)11-6-7-11)15-8-12-4-2-3-5-14(12)20-15;/h2-5,8,10-11,13H,6-7,9,17H2,1H3,(H,18,19);1H. The Hall–Kier alpha value is -1.52. The molecule has 0 saturated heterocycles. The molecule has 3 N–H and O–H groups in total. The minimum Gasteiger partial charge on any atom is -0.460 e. The van der Waals surface area contributed by atoms with Crippen molar-refractivity contribution in [3.05, 3.63) is 36.1 Å². The van der Waals surface area contributed by atoms with Crippen LogP contribution in [-0.2, 0) is 4.79 Å². The highest BCUT2D eigenvalue weighted by Crippen LogP contribution is 2.32. The van der Waals surface area contributed by atoms with Gasteiger partial charge in [-0.2, -0.15) is 0 Å². The fraction of sp³-hybridized carbons (Fsp3) is 0.438. The van der Waals surface area contributed by atoms with Crippen molar-refractivity contribution in [2.45, 2.75) is 31.7 Å². The molecule has 1 saturated carbocycles. The molecule has 1 aromatic heterocycles. The van der Waals surface area contributed by atoms with Gasteiger partial charge in [-0.15, -0.1) is 12.4 Å². The lowest BCUT2D eigenvalue weighted by molar-refractivity contribution is -0.123. The van der Waals surface area contributed by atoms with E-state index in [2.05, 4.69) is 5.32 Å². The van der Waals surface area contributed by atoms with Crippen LogP contribution in [0.4, 0.5) is 0 Å². The first-order valence-electron chi connectivity index (χ1n) is 7.18. The van der Waals surface area contributed by atoms with Gasteiger partial charge in [0.05, 0.1) is 5.92 Å². The molecule has 1 aliphatic rings. The van der Waals surface area contributed by atoms with Crippen LogP contribution in [-0.4, -0.2) is 18.5 Å². The van der Waals surface area contributed by atoms with E-state index in [0.29, 0.717) is 18.2 Å². The third kappa shape index (κ3) is 3.39. The molecule has 114 valence electrons. The Morgan fingerprint density at radius 2 is 2.14 bits per heavy atom. The quantitative estimate of drug-likeness (QED) is 0.892. The summed E-state index contributed by atoms with van der Waals surface area (Å²) in [7, 11) is 0. The summed E-state index contributed by atoms with van der Waals surface area (Å²) in [5.41, 5.74) is 6.54. The molecule has 0 bridgehead atoms. The maximum absolute atomic E-state index is 12.3. The minimum absolute atomic E-state index is 0. The maximum Gasteiger partial charge on any atom is 0.230 e. The highest BCUT2D eigenvalue weighted by molar-refractivity contribution is 5.86. The molecule has 4 nitrogen and oxygen atoms in total. The first kappa shape index (κ1) is 15.9. The number of fused-ring (bicyclic) bond motifs is 1. The number of rotatable bonds is 5. The van der Waals surface area contributed by atoms with Gasteiger partial charge in [0.2, 0.25) is 5.91 Å². The first-order chi connectivity index (χ1) is 9.69. The van der Waals surface area contributed by atoms with Gasteiger partial charge in [0, 0.05) is 18.0 Å². The van der Waals surface area contributed by atoms with Gasteiger partial charge in [-0.1, -0.05) is 18.2 Å². The van der Waals surface area contributed by atoms with Crippen LogP contribution in [0.2, 0.25) is 0 Å². The van der Waals surface area contributed by atoms with Crippen molar-refractivity contribution in [3.63, 3.8) is 0 Å². The van der Waals surface area contributed by atoms with Crippen LogP contribution < -0.4 is 11.1 Å². The average molecular weight is 309 g/mol. The average Bonchev–Trinajstić information content (AvgIpc) is 3.21. The fourth-order valence-corrected chi connectivity index (χ4v) is 2.52. The highest BCUT2D eigenvalue weighted by atomic mass is 35.5. The van der Waals surface area contributed by atoms with Gasteiger partial charge in [-0.05, 0) is 37.8 Å². The van der Waals surface area contributed by atoms with Gasteiger partial charge < -0.3 is 15.5 Å². The molecule has 1 aromatic carbocycles. The third-order valence-electron chi connectivity index (χ3n) is 4.04. The normalized spacial score (nSPS) is 17.0. The number of carbonyl (C=O) groups is 1. The van der Waals surface area contributed by atoms with Crippen molar-refractivity contribution in [2.75, 3.05) is 6.54 Å². The van der Waals surface area contributed by atoms with E-state index in [1.54, 1.807) is 0 Å². The topological polar surface area (TPSA) is 68.3 Å². The molecule has 2 aromatic rings. The Morgan fingerprint density at radius 3 is 2.76 bits per heavy atom. The van der Waals surface area contributed by atoms with Gasteiger partial charge in [-0.3, -0.25) is 4.79 Å². The SMILES string of the molecule is CC(C(=O)NC(CN)C1CC1)c1cc2ccccc2o1.Cl. The van der Waals surface area contributed by atoms with Crippen molar-refractivity contribution in [2.24, 2.45) is 11.7 Å². The Labute approximate surface area is 130 Å². The molecule has 0 spiro atoms. The molecule has 0 radical (unpaired) electrons. The maximum atomic E-state index is 12.3. The molecule has 2 unspecified atom stereocenters. The van der Waals surface area contributed by atoms with Crippen LogP contribution in [0.25, 0.3) is 11.0 Å². The largest absolute Gasteiger partial charge is 0.460 e. The van der Waals surface area contributed by atoms with E-state index in [0.717, 1.165) is 11.0 Å². The lowest BCUT2D eigenvalue weighted by Gasteiger charge is -2.18. The van der Waals surface area contributed by atoms with E-state index in [-0.39, 0.29) is 30.3 Å². The molecule has 1 amide bonds. The van der Waals surface area contributed by atoms with E-state index < -0.39 is 0 Å². The summed E-state index contributed by atoms with van der Waals surface area (Å²) in [4.78, 5) is 12.3. The van der Waals surface area contributed by atoms with Crippen molar-refractivity contribution in [3.8, 4) is 0 Å². The molecule has 1 heterocycles. The van der Waals surface area contributed by atoms with Crippen LogP contribution in [0.5, 0.6) is 0 Å². The smallest absolute Gasteiger partial charge is 0.230 e. The molecule has 1 aliphatic carbocycles.